The van der Waals surface area contributed by atoms with Crippen LogP contribution in [-0.4, -0.2) is 124 Å². The van der Waals surface area contributed by atoms with Crippen LogP contribution in [0.5, 0.6) is 23.0 Å². The van der Waals surface area contributed by atoms with E-state index in [0.29, 0.717) is 131 Å². The summed E-state index contributed by atoms with van der Waals surface area (Å²) in [6.45, 7) is 9.36. The highest BCUT2D eigenvalue weighted by Gasteiger charge is 2.23. The highest BCUT2D eigenvalue weighted by molar-refractivity contribution is 6.23. The number of nitrogens with zero attached hydrogens (tertiary/aromatic N) is 1. The predicted molar refractivity (Wildman–Crippen MR) is 289 cm³/mol. The minimum atomic E-state index is 0.377. The van der Waals surface area contributed by atoms with Crippen LogP contribution in [0.3, 0.4) is 0 Å². The third kappa shape index (κ3) is 12.0. The SMILES string of the molecule is c1cc2c3c(c1)Cc1cccc4c1OCCOCCN(Cc1ccc5ccc6cccc7ccc1c5c67)CCOCCOc1c(cccc1Cc1cccc(c1OCCOCCOCCOCCOCCO3)C4)C2. The van der Waals surface area contributed by atoms with Gasteiger partial charge in [0.2, 0.25) is 0 Å². The van der Waals surface area contributed by atoms with Gasteiger partial charge in [-0.2, -0.15) is 0 Å². The average molecular weight is 998 g/mol. The quantitative estimate of drug-likeness (QED) is 0.122. The van der Waals surface area contributed by atoms with Gasteiger partial charge in [0.1, 0.15) is 49.4 Å². The smallest absolute Gasteiger partial charge is 0.126 e. The maximum absolute atomic E-state index is 6.94. The van der Waals surface area contributed by atoms with Gasteiger partial charge in [0.05, 0.1) is 79.3 Å². The molecule has 3 aliphatic heterocycles. The van der Waals surface area contributed by atoms with Gasteiger partial charge in [-0.15, -0.1) is 0 Å². The molecule has 0 atom stereocenters. The monoisotopic (exact) mass is 997 g/mol. The summed E-state index contributed by atoms with van der Waals surface area (Å²) in [7, 11) is 0. The van der Waals surface area contributed by atoms with E-state index < -0.39 is 0 Å². The zero-order valence-corrected chi connectivity index (χ0v) is 42.4. The number of hydrogen-bond acceptors (Lipinski definition) is 11. The van der Waals surface area contributed by atoms with Gasteiger partial charge in [-0.05, 0) is 82.4 Å². The molecule has 8 aromatic rings. The standard InChI is InChI=1S/C63H67NO10/c1-6-45-16-17-47-18-19-56(57-21-20-46(7-1)58(45)59(47)57)44-64-22-24-65-32-36-71-60-48-8-2-9-49(60)41-53-13-5-15-55-43-51-11-3-10-50(61(51)72-37-33-66-25-23-64)42-54-14-4-12-52(40-48)62(54)73-38-34-69-30-28-67-26-27-68-29-31-70-35-39-74-63(53)55/h1-21H,22-44H2. The van der Waals surface area contributed by atoms with Gasteiger partial charge < -0.3 is 47.4 Å². The first-order valence-corrected chi connectivity index (χ1v) is 26.5. The summed E-state index contributed by atoms with van der Waals surface area (Å²) in [4.78, 5) is 2.45. The molecule has 0 fully saturated rings. The van der Waals surface area contributed by atoms with E-state index in [1.807, 2.05) is 0 Å². The molecule has 74 heavy (non-hydrogen) atoms. The van der Waals surface area contributed by atoms with Crippen molar-refractivity contribution in [1.82, 2.24) is 4.90 Å². The lowest BCUT2D eigenvalue weighted by Gasteiger charge is -2.24. The van der Waals surface area contributed by atoms with Gasteiger partial charge in [-0.3, -0.25) is 4.90 Å². The van der Waals surface area contributed by atoms with Gasteiger partial charge in [0.25, 0.3) is 0 Å². The van der Waals surface area contributed by atoms with Crippen LogP contribution in [0.4, 0.5) is 0 Å². The Morgan fingerprint density at radius 1 is 0.284 bits per heavy atom. The van der Waals surface area contributed by atoms with E-state index in [1.54, 1.807) is 0 Å². The van der Waals surface area contributed by atoms with Crippen LogP contribution >= 0.6 is 0 Å². The van der Waals surface area contributed by atoms with Crippen molar-refractivity contribution < 1.29 is 47.4 Å². The van der Waals surface area contributed by atoms with Crippen LogP contribution in [0.1, 0.15) is 50.1 Å². The molecular formula is C63H67NO10. The predicted octanol–water partition coefficient (Wildman–Crippen LogP) is 10.4. The molecular weight excluding hydrogens is 931 g/mol. The Morgan fingerprint density at radius 2 is 0.581 bits per heavy atom. The fourth-order valence-corrected chi connectivity index (χ4v) is 10.8. The van der Waals surface area contributed by atoms with E-state index in [-0.39, 0.29) is 0 Å². The largest absolute Gasteiger partial charge is 0.491 e. The Labute approximate surface area is 434 Å². The molecule has 384 valence electrons. The van der Waals surface area contributed by atoms with Crippen molar-refractivity contribution in [2.24, 2.45) is 0 Å². The van der Waals surface area contributed by atoms with Crippen LogP contribution in [0.15, 0.2) is 127 Å². The number of benzene rings is 8. The molecule has 0 amide bonds. The lowest BCUT2D eigenvalue weighted by Crippen LogP contribution is -2.31. The Hall–Kier alpha value is -6.28. The second kappa shape index (κ2) is 24.8. The number of ether oxygens (including phenoxy) is 10. The summed E-state index contributed by atoms with van der Waals surface area (Å²) >= 11 is 0. The van der Waals surface area contributed by atoms with Crippen molar-refractivity contribution >= 4 is 32.3 Å². The Bertz CT molecular complexity index is 2880. The van der Waals surface area contributed by atoms with Gasteiger partial charge in [0.15, 0.2) is 0 Å². The molecule has 0 radical (unpaired) electrons. The Balaban J connectivity index is 0.939. The third-order valence-electron chi connectivity index (χ3n) is 14.4. The van der Waals surface area contributed by atoms with Crippen molar-refractivity contribution in [3.05, 3.63) is 177 Å². The first-order chi connectivity index (χ1) is 36.7. The van der Waals surface area contributed by atoms with Gasteiger partial charge >= 0.3 is 0 Å². The van der Waals surface area contributed by atoms with Crippen LogP contribution in [0, 0.1) is 0 Å². The minimum Gasteiger partial charge on any atom is -0.491 e. The molecule has 1 aliphatic carbocycles. The molecule has 3 heterocycles. The van der Waals surface area contributed by atoms with Crippen LogP contribution in [0.25, 0.3) is 32.3 Å². The Morgan fingerprint density at radius 3 is 0.959 bits per heavy atom. The first kappa shape index (κ1) is 49.9. The molecule has 0 saturated heterocycles. The van der Waals surface area contributed by atoms with Crippen molar-refractivity contribution in [1.29, 1.82) is 0 Å². The minimum absolute atomic E-state index is 0.377. The molecule has 0 spiro atoms. The van der Waals surface area contributed by atoms with E-state index in [4.69, 9.17) is 47.4 Å². The molecule has 11 nitrogen and oxygen atoms in total. The second-order valence-corrected chi connectivity index (χ2v) is 19.3. The molecule has 4 aliphatic rings. The van der Waals surface area contributed by atoms with Crippen molar-refractivity contribution in [3.63, 3.8) is 0 Å². The highest BCUT2D eigenvalue weighted by Crippen LogP contribution is 2.40. The van der Waals surface area contributed by atoms with Crippen molar-refractivity contribution in [2.45, 2.75) is 32.2 Å². The number of hydrogen-bond donors (Lipinski definition) is 0. The molecule has 0 saturated carbocycles. The number of para-hydroxylation sites is 4. The molecule has 11 heteroatoms. The Kier molecular flexibility index (Phi) is 16.7. The van der Waals surface area contributed by atoms with Gasteiger partial charge in [-0.25, -0.2) is 0 Å². The van der Waals surface area contributed by atoms with E-state index in [1.165, 1.54) is 37.9 Å². The fourth-order valence-electron chi connectivity index (χ4n) is 10.8. The molecule has 0 aromatic heterocycles. The zero-order valence-electron chi connectivity index (χ0n) is 42.4. The molecule has 12 rings (SSSR count). The normalized spacial score (nSPS) is 17.7. The lowest BCUT2D eigenvalue weighted by molar-refractivity contribution is -0.00706. The van der Waals surface area contributed by atoms with Gasteiger partial charge in [0, 0.05) is 45.3 Å². The fraction of sp³-hybridized carbons (Fsp3) is 0.365. The van der Waals surface area contributed by atoms with Crippen LogP contribution in [-0.2, 0) is 60.6 Å². The van der Waals surface area contributed by atoms with E-state index in [2.05, 4.69) is 132 Å². The van der Waals surface area contributed by atoms with E-state index in [9.17, 15) is 0 Å². The highest BCUT2D eigenvalue weighted by atomic mass is 16.6. The van der Waals surface area contributed by atoms with E-state index >= 15 is 0 Å². The third-order valence-corrected chi connectivity index (χ3v) is 14.4. The zero-order chi connectivity index (χ0) is 49.7. The lowest BCUT2D eigenvalue weighted by atomic mass is 9.91. The van der Waals surface area contributed by atoms with E-state index in [0.717, 1.165) is 87.1 Å². The molecule has 0 unspecified atom stereocenters. The average Bonchev–Trinajstić information content (AvgIpc) is 3.42. The molecule has 8 aromatic carbocycles. The maximum atomic E-state index is 6.94. The topological polar surface area (TPSA) is 95.5 Å². The number of rotatable bonds is 2. The maximum Gasteiger partial charge on any atom is 0.126 e. The van der Waals surface area contributed by atoms with Crippen molar-refractivity contribution in [3.8, 4) is 23.0 Å². The summed E-state index contributed by atoms with van der Waals surface area (Å²) in [6, 6.07) is 46.1. The molecule has 12 bridgehead atoms. The summed E-state index contributed by atoms with van der Waals surface area (Å²) in [5.41, 5.74) is 9.81. The molecule has 0 N–H and O–H groups in total. The van der Waals surface area contributed by atoms with Crippen LogP contribution in [0.2, 0.25) is 0 Å². The van der Waals surface area contributed by atoms with Crippen molar-refractivity contribution in [2.75, 3.05) is 119 Å². The summed E-state index contributed by atoms with van der Waals surface area (Å²) in [5.74, 6) is 3.39. The van der Waals surface area contributed by atoms with Gasteiger partial charge in [-0.1, -0.05) is 127 Å². The number of fused-ring (bicyclic) bond motifs is 12. The van der Waals surface area contributed by atoms with Crippen LogP contribution < -0.4 is 18.9 Å². The first-order valence-electron chi connectivity index (χ1n) is 26.5. The second-order valence-electron chi connectivity index (χ2n) is 19.3. The summed E-state index contributed by atoms with van der Waals surface area (Å²) in [6.07, 6.45) is 2.35. The summed E-state index contributed by atoms with van der Waals surface area (Å²) in [5, 5.41) is 7.77. The summed E-state index contributed by atoms with van der Waals surface area (Å²) < 4.78 is 63.9.